The van der Waals surface area contributed by atoms with Crippen LogP contribution in [0.25, 0.3) is 0 Å². The van der Waals surface area contributed by atoms with E-state index < -0.39 is 0 Å². The topological polar surface area (TPSA) is 64.3 Å². The summed E-state index contributed by atoms with van der Waals surface area (Å²) in [5, 5.41) is 2.84. The Morgan fingerprint density at radius 1 is 1.22 bits per heavy atom. The number of amides is 1. The molecule has 2 saturated carbocycles. The summed E-state index contributed by atoms with van der Waals surface area (Å²) < 4.78 is 5.49. The fourth-order valence-electron chi connectivity index (χ4n) is 3.10. The number of hydrogen-bond acceptors (Lipinski definition) is 3. The van der Waals surface area contributed by atoms with Crippen LogP contribution in [-0.4, -0.2) is 23.8 Å². The van der Waals surface area contributed by atoms with Gasteiger partial charge >= 0.3 is 6.09 Å². The van der Waals surface area contributed by atoms with E-state index in [9.17, 15) is 4.79 Å². The molecule has 106 valence electrons. The predicted molar refractivity (Wildman–Crippen MR) is 73.8 cm³/mol. The summed E-state index contributed by atoms with van der Waals surface area (Å²) in [6.45, 7) is 5.86. The average molecular weight is 277 g/mol. The standard InChI is InChI=1S/C13H24N2O2.ClH/c1-13(2,3)15-12(16)17-10-6-8-4-5-9(7-10)11(8)14;/h8-11H,4-7,14H2,1-3H3,(H,15,16);1H. The van der Waals surface area contributed by atoms with Crippen molar-refractivity contribution in [2.75, 3.05) is 0 Å². The first-order chi connectivity index (χ1) is 7.85. The number of rotatable bonds is 1. The smallest absolute Gasteiger partial charge is 0.407 e. The first-order valence-electron chi connectivity index (χ1n) is 6.59. The molecule has 2 atom stereocenters. The molecule has 1 amide bonds. The Kier molecular flexibility index (Phi) is 4.90. The third kappa shape index (κ3) is 3.75. The van der Waals surface area contributed by atoms with Crippen molar-refractivity contribution in [2.24, 2.45) is 17.6 Å². The maximum absolute atomic E-state index is 11.7. The number of alkyl carbamates (subject to hydrolysis) is 1. The zero-order valence-corrected chi connectivity index (χ0v) is 12.3. The van der Waals surface area contributed by atoms with Gasteiger partial charge in [-0.15, -0.1) is 12.4 Å². The molecule has 2 aliphatic rings. The molecule has 18 heavy (non-hydrogen) atoms. The Balaban J connectivity index is 0.00000162. The van der Waals surface area contributed by atoms with Gasteiger partial charge in [0.15, 0.2) is 0 Å². The lowest BCUT2D eigenvalue weighted by Gasteiger charge is -2.33. The molecule has 5 heteroatoms. The monoisotopic (exact) mass is 276 g/mol. The van der Waals surface area contributed by atoms with Crippen molar-refractivity contribution >= 4 is 18.5 Å². The number of hydrogen-bond donors (Lipinski definition) is 2. The van der Waals surface area contributed by atoms with E-state index in [1.807, 2.05) is 20.8 Å². The molecule has 0 spiro atoms. The number of halogens is 1. The lowest BCUT2D eigenvalue weighted by molar-refractivity contribution is 0.0461. The van der Waals surface area contributed by atoms with Crippen LogP contribution in [0.3, 0.4) is 0 Å². The highest BCUT2D eigenvalue weighted by Gasteiger charge is 2.42. The van der Waals surface area contributed by atoms with E-state index in [0.29, 0.717) is 17.9 Å². The van der Waals surface area contributed by atoms with Gasteiger partial charge in [-0.1, -0.05) is 0 Å². The van der Waals surface area contributed by atoms with Crippen LogP contribution < -0.4 is 11.1 Å². The number of nitrogens with two attached hydrogens (primary N) is 1. The van der Waals surface area contributed by atoms with Crippen LogP contribution in [0.1, 0.15) is 46.5 Å². The average Bonchev–Trinajstić information content (AvgIpc) is 2.42. The van der Waals surface area contributed by atoms with Gasteiger partial charge in [0.2, 0.25) is 0 Å². The van der Waals surface area contributed by atoms with Crippen LogP contribution in [0.15, 0.2) is 0 Å². The molecule has 0 saturated heterocycles. The second kappa shape index (κ2) is 5.66. The third-order valence-electron chi connectivity index (χ3n) is 3.88. The summed E-state index contributed by atoms with van der Waals surface area (Å²) in [4.78, 5) is 11.7. The van der Waals surface area contributed by atoms with Crippen LogP contribution in [0, 0.1) is 11.8 Å². The van der Waals surface area contributed by atoms with Crippen molar-refractivity contribution in [3.63, 3.8) is 0 Å². The summed E-state index contributed by atoms with van der Waals surface area (Å²) in [5.74, 6) is 1.11. The summed E-state index contributed by atoms with van der Waals surface area (Å²) in [7, 11) is 0. The maximum atomic E-state index is 11.7. The summed E-state index contributed by atoms with van der Waals surface area (Å²) >= 11 is 0. The zero-order chi connectivity index (χ0) is 12.6. The van der Waals surface area contributed by atoms with Crippen LogP contribution in [0.2, 0.25) is 0 Å². The van der Waals surface area contributed by atoms with Gasteiger partial charge in [-0.3, -0.25) is 0 Å². The summed E-state index contributed by atoms with van der Waals surface area (Å²) in [6, 6.07) is 0.334. The Morgan fingerprint density at radius 2 is 1.72 bits per heavy atom. The molecule has 2 unspecified atom stereocenters. The largest absolute Gasteiger partial charge is 0.446 e. The number of carbonyl (C=O) groups is 1. The first kappa shape index (κ1) is 15.6. The normalized spacial score (nSPS) is 34.7. The Bertz CT molecular complexity index is 290. The van der Waals surface area contributed by atoms with Crippen LogP contribution in [0.5, 0.6) is 0 Å². The predicted octanol–water partition coefficient (Wildman–Crippen LogP) is 2.45. The third-order valence-corrected chi connectivity index (χ3v) is 3.88. The van der Waals surface area contributed by atoms with E-state index in [2.05, 4.69) is 5.32 Å². The fourth-order valence-corrected chi connectivity index (χ4v) is 3.10. The van der Waals surface area contributed by atoms with Crippen molar-refractivity contribution in [3.8, 4) is 0 Å². The highest BCUT2D eigenvalue weighted by atomic mass is 35.5. The maximum Gasteiger partial charge on any atom is 0.407 e. The fraction of sp³-hybridized carbons (Fsp3) is 0.923. The van der Waals surface area contributed by atoms with Gasteiger partial charge in [-0.25, -0.2) is 4.79 Å². The second-order valence-electron chi connectivity index (χ2n) is 6.55. The molecule has 0 aromatic carbocycles. The molecule has 0 aromatic rings. The lowest BCUT2D eigenvalue weighted by Crippen LogP contribution is -2.45. The van der Waals surface area contributed by atoms with Crippen molar-refractivity contribution in [1.82, 2.24) is 5.32 Å². The molecule has 4 nitrogen and oxygen atoms in total. The number of carbonyl (C=O) groups excluding carboxylic acids is 1. The highest BCUT2D eigenvalue weighted by molar-refractivity contribution is 5.85. The van der Waals surface area contributed by atoms with Crippen LogP contribution in [0.4, 0.5) is 4.79 Å². The summed E-state index contributed by atoms with van der Waals surface area (Å²) in [5.41, 5.74) is 5.89. The van der Waals surface area contributed by atoms with Crippen molar-refractivity contribution in [3.05, 3.63) is 0 Å². The second-order valence-corrected chi connectivity index (χ2v) is 6.55. The minimum atomic E-state index is -0.294. The van der Waals surface area contributed by atoms with E-state index >= 15 is 0 Å². The highest BCUT2D eigenvalue weighted by Crippen LogP contribution is 2.42. The molecule has 2 rings (SSSR count). The van der Waals surface area contributed by atoms with Gasteiger partial charge in [-0.2, -0.15) is 0 Å². The van der Waals surface area contributed by atoms with Gasteiger partial charge < -0.3 is 15.8 Å². The molecule has 0 heterocycles. The van der Waals surface area contributed by atoms with Gasteiger partial charge in [0.1, 0.15) is 6.10 Å². The minimum absolute atomic E-state index is 0. The lowest BCUT2D eigenvalue weighted by atomic mass is 9.83. The Morgan fingerprint density at radius 3 is 2.17 bits per heavy atom. The quantitative estimate of drug-likeness (QED) is 0.773. The molecular weight excluding hydrogens is 252 g/mol. The number of fused-ring (bicyclic) bond motifs is 2. The van der Waals surface area contributed by atoms with Gasteiger partial charge in [0, 0.05) is 11.6 Å². The Hall–Kier alpha value is -0.480. The van der Waals surface area contributed by atoms with Gasteiger partial charge in [0.05, 0.1) is 0 Å². The first-order valence-corrected chi connectivity index (χ1v) is 6.59. The molecule has 0 aromatic heterocycles. The van der Waals surface area contributed by atoms with Gasteiger partial charge in [0.25, 0.3) is 0 Å². The van der Waals surface area contributed by atoms with Crippen LogP contribution in [-0.2, 0) is 4.74 Å². The number of nitrogens with one attached hydrogen (secondary N) is 1. The SMILES string of the molecule is CC(C)(C)NC(=O)OC1CC2CCC(C1)C2N.Cl. The van der Waals surface area contributed by atoms with E-state index in [0.717, 1.165) is 12.8 Å². The summed E-state index contributed by atoms with van der Waals surface area (Å²) in [6.07, 6.45) is 4.05. The van der Waals surface area contributed by atoms with Crippen LogP contribution >= 0.6 is 12.4 Å². The molecule has 0 radical (unpaired) electrons. The van der Waals surface area contributed by atoms with E-state index in [4.69, 9.17) is 10.5 Å². The van der Waals surface area contributed by atoms with Crippen molar-refractivity contribution in [2.45, 2.75) is 64.1 Å². The van der Waals surface area contributed by atoms with E-state index in [1.165, 1.54) is 12.8 Å². The molecule has 0 aliphatic heterocycles. The van der Waals surface area contributed by atoms with E-state index in [1.54, 1.807) is 0 Å². The molecule has 2 bridgehead atoms. The molecular formula is C13H25ClN2O2. The number of ether oxygens (including phenoxy) is 1. The van der Waals surface area contributed by atoms with Crippen molar-refractivity contribution < 1.29 is 9.53 Å². The minimum Gasteiger partial charge on any atom is -0.446 e. The van der Waals surface area contributed by atoms with E-state index in [-0.39, 0.29) is 30.1 Å². The molecule has 2 fully saturated rings. The zero-order valence-electron chi connectivity index (χ0n) is 11.4. The molecule has 3 N–H and O–H groups in total. The van der Waals surface area contributed by atoms with Crippen molar-refractivity contribution in [1.29, 1.82) is 0 Å². The molecule has 2 aliphatic carbocycles. The Labute approximate surface area is 115 Å². The van der Waals surface area contributed by atoms with Gasteiger partial charge in [-0.05, 0) is 58.3 Å².